The summed E-state index contributed by atoms with van der Waals surface area (Å²) in [5, 5.41) is 18.0. The minimum atomic E-state index is -1.35. The number of nitrogens with zero attached hydrogens (tertiary/aromatic N) is 1. The van der Waals surface area contributed by atoms with Crippen molar-refractivity contribution in [3.8, 4) is 6.07 Å². The molecule has 1 aromatic carbocycles. The van der Waals surface area contributed by atoms with Crippen molar-refractivity contribution in [3.05, 3.63) is 35.9 Å². The van der Waals surface area contributed by atoms with Gasteiger partial charge in [0.05, 0.1) is 11.5 Å². The van der Waals surface area contributed by atoms with Crippen molar-refractivity contribution in [2.45, 2.75) is 13.8 Å². The highest BCUT2D eigenvalue weighted by Gasteiger charge is 2.41. The van der Waals surface area contributed by atoms with Crippen LogP contribution in [0.1, 0.15) is 24.2 Å². The fourth-order valence-corrected chi connectivity index (χ4v) is 1.58. The number of carbonyl (C=O) groups excluding carboxylic acids is 1. The van der Waals surface area contributed by atoms with Gasteiger partial charge in [0.15, 0.2) is 5.78 Å². The predicted octanol–water partition coefficient (Wildman–Crippen LogP) is 2.12. The molecule has 1 rings (SSSR count). The van der Waals surface area contributed by atoms with Crippen molar-refractivity contribution in [1.82, 2.24) is 0 Å². The summed E-state index contributed by atoms with van der Waals surface area (Å²) in [7, 11) is 0. The maximum Gasteiger partial charge on any atom is 0.316 e. The third-order valence-electron chi connectivity index (χ3n) is 2.58. The van der Waals surface area contributed by atoms with E-state index in [1.165, 1.54) is 13.8 Å². The van der Waals surface area contributed by atoms with E-state index < -0.39 is 23.1 Å². The number of aliphatic carboxylic acids is 1. The summed E-state index contributed by atoms with van der Waals surface area (Å²) in [5.41, 5.74) is -0.929. The van der Waals surface area contributed by atoms with Crippen LogP contribution in [0, 0.1) is 22.7 Å². The topological polar surface area (TPSA) is 78.2 Å². The molecule has 4 heteroatoms. The first-order chi connectivity index (χ1) is 7.90. The number of nitriles is 1. The molecule has 88 valence electrons. The lowest BCUT2D eigenvalue weighted by Crippen LogP contribution is -2.36. The third-order valence-corrected chi connectivity index (χ3v) is 2.58. The number of carboxylic acid groups (broad SMARTS) is 1. The Bertz CT molecular complexity index is 471. The molecule has 0 heterocycles. The van der Waals surface area contributed by atoms with Crippen molar-refractivity contribution < 1.29 is 14.7 Å². The Morgan fingerprint density at radius 1 is 1.29 bits per heavy atom. The zero-order valence-electron chi connectivity index (χ0n) is 9.68. The number of Topliss-reactive ketones (excluding diaryl/α,β-unsaturated/α-hetero) is 1. The second-order valence-electron chi connectivity index (χ2n) is 4.34. The lowest BCUT2D eigenvalue weighted by molar-refractivity contribution is -0.142. The Hall–Kier alpha value is -2.15. The van der Waals surface area contributed by atoms with Crippen LogP contribution in [0.2, 0.25) is 0 Å². The largest absolute Gasteiger partial charge is 0.481 e. The standard InChI is InChI=1S/C13H13NO3/c1-13(2,8-14)10(12(16)17)11(15)9-6-4-3-5-7-9/h3-7,10H,1-2H3,(H,16,17). The molecule has 0 fully saturated rings. The van der Waals surface area contributed by atoms with Crippen molar-refractivity contribution in [1.29, 1.82) is 5.26 Å². The van der Waals surface area contributed by atoms with Gasteiger partial charge in [-0.1, -0.05) is 30.3 Å². The van der Waals surface area contributed by atoms with Gasteiger partial charge >= 0.3 is 5.97 Å². The van der Waals surface area contributed by atoms with Gasteiger partial charge < -0.3 is 5.11 Å². The molecule has 0 spiro atoms. The Balaban J connectivity index is 3.16. The highest BCUT2D eigenvalue weighted by atomic mass is 16.4. The summed E-state index contributed by atoms with van der Waals surface area (Å²) < 4.78 is 0. The summed E-state index contributed by atoms with van der Waals surface area (Å²) in [6.07, 6.45) is 0. The van der Waals surface area contributed by atoms with Gasteiger partial charge in [0, 0.05) is 5.56 Å². The van der Waals surface area contributed by atoms with E-state index in [1.54, 1.807) is 30.3 Å². The molecule has 1 atom stereocenters. The third kappa shape index (κ3) is 2.70. The molecule has 17 heavy (non-hydrogen) atoms. The number of benzene rings is 1. The molecule has 0 aliphatic rings. The van der Waals surface area contributed by atoms with Gasteiger partial charge in [-0.2, -0.15) is 5.26 Å². The highest BCUT2D eigenvalue weighted by Crippen LogP contribution is 2.29. The number of rotatable bonds is 4. The summed E-state index contributed by atoms with van der Waals surface area (Å²) >= 11 is 0. The first-order valence-electron chi connectivity index (χ1n) is 5.13. The van der Waals surface area contributed by atoms with E-state index in [4.69, 9.17) is 10.4 Å². The molecular formula is C13H13NO3. The van der Waals surface area contributed by atoms with Crippen LogP contribution in [-0.2, 0) is 4.79 Å². The van der Waals surface area contributed by atoms with Crippen LogP contribution in [0.15, 0.2) is 30.3 Å². The smallest absolute Gasteiger partial charge is 0.316 e. The van der Waals surface area contributed by atoms with Crippen molar-refractivity contribution in [3.63, 3.8) is 0 Å². The number of carbonyl (C=O) groups is 2. The maximum atomic E-state index is 12.1. The Kier molecular flexibility index (Phi) is 3.64. The Labute approximate surface area is 99.5 Å². The molecule has 0 saturated heterocycles. The van der Waals surface area contributed by atoms with Gasteiger partial charge in [-0.05, 0) is 13.8 Å². The van der Waals surface area contributed by atoms with E-state index in [1.807, 2.05) is 6.07 Å². The molecule has 1 aromatic rings. The minimum Gasteiger partial charge on any atom is -0.481 e. The summed E-state index contributed by atoms with van der Waals surface area (Å²) in [4.78, 5) is 23.2. The van der Waals surface area contributed by atoms with Crippen LogP contribution >= 0.6 is 0 Å². The van der Waals surface area contributed by atoms with E-state index >= 15 is 0 Å². The number of ketones is 1. The lowest BCUT2D eigenvalue weighted by atomic mass is 9.76. The number of hydrogen-bond donors (Lipinski definition) is 1. The zero-order valence-corrected chi connectivity index (χ0v) is 9.68. The molecular weight excluding hydrogens is 218 g/mol. The second kappa shape index (κ2) is 4.79. The highest BCUT2D eigenvalue weighted by molar-refractivity contribution is 6.09. The maximum absolute atomic E-state index is 12.1. The molecule has 1 N–H and O–H groups in total. The SMILES string of the molecule is CC(C)(C#N)C(C(=O)O)C(=O)c1ccccc1. The summed E-state index contributed by atoms with van der Waals surface area (Å²) in [6.45, 7) is 2.90. The fourth-order valence-electron chi connectivity index (χ4n) is 1.58. The first kappa shape index (κ1) is 12.9. The van der Waals surface area contributed by atoms with Crippen LogP contribution in [0.5, 0.6) is 0 Å². The van der Waals surface area contributed by atoms with Crippen LogP contribution < -0.4 is 0 Å². The van der Waals surface area contributed by atoms with Crippen LogP contribution in [0.3, 0.4) is 0 Å². The van der Waals surface area contributed by atoms with Crippen molar-refractivity contribution >= 4 is 11.8 Å². The van der Waals surface area contributed by atoms with Gasteiger partial charge in [-0.3, -0.25) is 9.59 Å². The van der Waals surface area contributed by atoms with Crippen LogP contribution in [0.25, 0.3) is 0 Å². The van der Waals surface area contributed by atoms with Crippen LogP contribution in [0.4, 0.5) is 0 Å². The van der Waals surface area contributed by atoms with Crippen molar-refractivity contribution in [2.24, 2.45) is 11.3 Å². The minimum absolute atomic E-state index is 0.309. The second-order valence-corrected chi connectivity index (χ2v) is 4.34. The molecule has 4 nitrogen and oxygen atoms in total. The zero-order chi connectivity index (χ0) is 13.1. The van der Waals surface area contributed by atoms with Crippen molar-refractivity contribution in [2.75, 3.05) is 0 Å². The summed E-state index contributed by atoms with van der Waals surface area (Å²) in [6, 6.07) is 10.0. The Morgan fingerprint density at radius 2 is 1.82 bits per heavy atom. The van der Waals surface area contributed by atoms with E-state index in [0.29, 0.717) is 5.56 Å². The molecule has 0 aliphatic carbocycles. The van der Waals surface area contributed by atoms with Gasteiger partial charge in [-0.15, -0.1) is 0 Å². The average Bonchev–Trinajstić information content (AvgIpc) is 2.29. The fraction of sp³-hybridized carbons (Fsp3) is 0.308. The normalized spacial score (nSPS) is 12.5. The van der Waals surface area contributed by atoms with Gasteiger partial charge in [0.25, 0.3) is 0 Å². The van der Waals surface area contributed by atoms with E-state index in [0.717, 1.165) is 0 Å². The quantitative estimate of drug-likeness (QED) is 0.636. The Morgan fingerprint density at radius 3 is 2.24 bits per heavy atom. The van der Waals surface area contributed by atoms with Gasteiger partial charge in [-0.25, -0.2) is 0 Å². The molecule has 0 saturated carbocycles. The summed E-state index contributed by atoms with van der Waals surface area (Å²) in [5.74, 6) is -3.16. The monoisotopic (exact) mass is 231 g/mol. The molecule has 0 radical (unpaired) electrons. The molecule has 1 unspecified atom stereocenters. The van der Waals surface area contributed by atoms with Gasteiger partial charge in [0.1, 0.15) is 5.92 Å². The molecule has 0 bridgehead atoms. The number of hydrogen-bond acceptors (Lipinski definition) is 3. The van der Waals surface area contributed by atoms with E-state index in [9.17, 15) is 9.59 Å². The average molecular weight is 231 g/mol. The van der Waals surface area contributed by atoms with E-state index in [2.05, 4.69) is 0 Å². The molecule has 0 amide bonds. The van der Waals surface area contributed by atoms with Crippen LogP contribution in [-0.4, -0.2) is 16.9 Å². The molecule has 0 aliphatic heterocycles. The van der Waals surface area contributed by atoms with E-state index in [-0.39, 0.29) is 0 Å². The number of carboxylic acids is 1. The molecule has 0 aromatic heterocycles. The predicted molar refractivity (Wildman–Crippen MR) is 61.3 cm³/mol. The van der Waals surface area contributed by atoms with Gasteiger partial charge in [0.2, 0.25) is 0 Å². The lowest BCUT2D eigenvalue weighted by Gasteiger charge is -2.22. The first-order valence-corrected chi connectivity index (χ1v) is 5.13.